The number of rotatable bonds is 7. The van der Waals surface area contributed by atoms with E-state index in [4.69, 9.17) is 4.74 Å². The first-order valence-electron chi connectivity index (χ1n) is 8.22. The molecule has 4 nitrogen and oxygen atoms in total. The van der Waals surface area contributed by atoms with Crippen molar-refractivity contribution in [3.63, 3.8) is 0 Å². The van der Waals surface area contributed by atoms with Gasteiger partial charge in [0.25, 0.3) is 0 Å². The van der Waals surface area contributed by atoms with Gasteiger partial charge in [-0.1, -0.05) is 33.1 Å². The molecule has 0 aliphatic heterocycles. The monoisotopic (exact) mass is 283 g/mol. The fourth-order valence-corrected chi connectivity index (χ4v) is 2.34. The van der Waals surface area contributed by atoms with Gasteiger partial charge in [-0.2, -0.15) is 0 Å². The highest BCUT2D eigenvalue weighted by atomic mass is 16.5. The van der Waals surface area contributed by atoms with Crippen molar-refractivity contribution in [3.8, 4) is 0 Å². The van der Waals surface area contributed by atoms with Crippen LogP contribution in [0.3, 0.4) is 0 Å². The third-order valence-corrected chi connectivity index (χ3v) is 4.11. The summed E-state index contributed by atoms with van der Waals surface area (Å²) in [5.74, 6) is 1.49. The van der Waals surface area contributed by atoms with E-state index in [9.17, 15) is 0 Å². The largest absolute Gasteiger partial charge is 0.378 e. The number of hydrogen-bond donors (Lipinski definition) is 2. The molecule has 0 heterocycles. The molecule has 0 aromatic heterocycles. The highest BCUT2D eigenvalue weighted by Gasteiger charge is 2.13. The van der Waals surface area contributed by atoms with Gasteiger partial charge in [0.15, 0.2) is 5.96 Å². The Labute approximate surface area is 124 Å². The minimum atomic E-state index is 0.430. The average molecular weight is 283 g/mol. The zero-order chi connectivity index (χ0) is 14.8. The SMILES string of the molecule is CN=C(NCCCOC1CCCCC1)NC(C)C(C)C. The van der Waals surface area contributed by atoms with Crippen LogP contribution in [0.1, 0.15) is 59.3 Å². The van der Waals surface area contributed by atoms with E-state index < -0.39 is 0 Å². The van der Waals surface area contributed by atoms with Gasteiger partial charge in [0.1, 0.15) is 0 Å². The van der Waals surface area contributed by atoms with Crippen molar-refractivity contribution in [2.75, 3.05) is 20.2 Å². The summed E-state index contributed by atoms with van der Waals surface area (Å²) in [6, 6.07) is 0.430. The highest BCUT2D eigenvalue weighted by molar-refractivity contribution is 5.79. The zero-order valence-electron chi connectivity index (χ0n) is 13.7. The second-order valence-electron chi connectivity index (χ2n) is 6.16. The molecule has 20 heavy (non-hydrogen) atoms. The molecule has 1 saturated carbocycles. The topological polar surface area (TPSA) is 45.7 Å². The van der Waals surface area contributed by atoms with Crippen molar-refractivity contribution in [2.45, 2.75) is 71.4 Å². The van der Waals surface area contributed by atoms with Crippen molar-refractivity contribution in [3.05, 3.63) is 0 Å². The molecular weight excluding hydrogens is 250 g/mol. The van der Waals surface area contributed by atoms with E-state index in [1.807, 2.05) is 7.05 Å². The normalized spacial score (nSPS) is 19.1. The fourth-order valence-electron chi connectivity index (χ4n) is 2.34. The Hall–Kier alpha value is -0.770. The van der Waals surface area contributed by atoms with Gasteiger partial charge in [0.05, 0.1) is 6.10 Å². The zero-order valence-corrected chi connectivity index (χ0v) is 13.7. The summed E-state index contributed by atoms with van der Waals surface area (Å²) in [5, 5.41) is 6.76. The van der Waals surface area contributed by atoms with Gasteiger partial charge in [0, 0.05) is 26.2 Å². The summed E-state index contributed by atoms with van der Waals surface area (Å²) >= 11 is 0. The first-order chi connectivity index (χ1) is 9.63. The molecule has 0 saturated heterocycles. The van der Waals surface area contributed by atoms with Crippen LogP contribution in [0.2, 0.25) is 0 Å². The summed E-state index contributed by atoms with van der Waals surface area (Å²) in [6.07, 6.45) is 8.12. The van der Waals surface area contributed by atoms with Crippen molar-refractivity contribution >= 4 is 5.96 Å². The van der Waals surface area contributed by atoms with E-state index in [0.29, 0.717) is 18.1 Å². The van der Waals surface area contributed by atoms with Gasteiger partial charge in [-0.25, -0.2) is 0 Å². The molecule has 0 spiro atoms. The third-order valence-electron chi connectivity index (χ3n) is 4.11. The smallest absolute Gasteiger partial charge is 0.191 e. The maximum atomic E-state index is 5.92. The Kier molecular flexibility index (Phi) is 8.67. The molecule has 1 aliphatic rings. The molecule has 2 N–H and O–H groups in total. The van der Waals surface area contributed by atoms with Crippen LogP contribution in [0.4, 0.5) is 0 Å². The summed E-state index contributed by atoms with van der Waals surface area (Å²) < 4.78 is 5.92. The molecule has 1 unspecified atom stereocenters. The number of guanidine groups is 1. The first-order valence-corrected chi connectivity index (χ1v) is 8.22. The Morgan fingerprint density at radius 3 is 2.50 bits per heavy atom. The lowest BCUT2D eigenvalue weighted by Crippen LogP contribution is -2.44. The molecule has 0 aromatic carbocycles. The van der Waals surface area contributed by atoms with Gasteiger partial charge >= 0.3 is 0 Å². The minimum absolute atomic E-state index is 0.430. The van der Waals surface area contributed by atoms with Crippen LogP contribution in [-0.4, -0.2) is 38.3 Å². The van der Waals surface area contributed by atoms with Crippen LogP contribution in [0, 0.1) is 5.92 Å². The van der Waals surface area contributed by atoms with Crippen LogP contribution >= 0.6 is 0 Å². The fraction of sp³-hybridized carbons (Fsp3) is 0.938. The Morgan fingerprint density at radius 2 is 1.90 bits per heavy atom. The second-order valence-corrected chi connectivity index (χ2v) is 6.16. The molecule has 4 heteroatoms. The van der Waals surface area contributed by atoms with Crippen molar-refractivity contribution in [1.29, 1.82) is 0 Å². The van der Waals surface area contributed by atoms with Crippen LogP contribution in [0.5, 0.6) is 0 Å². The maximum Gasteiger partial charge on any atom is 0.191 e. The predicted molar refractivity (Wildman–Crippen MR) is 86.2 cm³/mol. The van der Waals surface area contributed by atoms with Crippen molar-refractivity contribution in [1.82, 2.24) is 10.6 Å². The van der Waals surface area contributed by atoms with Gasteiger partial charge < -0.3 is 15.4 Å². The molecule has 0 amide bonds. The molecule has 1 rings (SSSR count). The maximum absolute atomic E-state index is 5.92. The Bertz CT molecular complexity index is 273. The molecule has 0 aromatic rings. The van der Waals surface area contributed by atoms with E-state index in [2.05, 4.69) is 36.4 Å². The molecular formula is C16H33N3O. The van der Waals surface area contributed by atoms with Gasteiger partial charge in [0.2, 0.25) is 0 Å². The van der Waals surface area contributed by atoms with Crippen LogP contribution in [-0.2, 0) is 4.74 Å². The van der Waals surface area contributed by atoms with Crippen molar-refractivity contribution < 1.29 is 4.74 Å². The van der Waals surface area contributed by atoms with Gasteiger partial charge in [-0.3, -0.25) is 4.99 Å². The predicted octanol–water partition coefficient (Wildman–Crippen LogP) is 2.94. The van der Waals surface area contributed by atoms with E-state index >= 15 is 0 Å². The summed E-state index contributed by atoms with van der Waals surface area (Å²) in [6.45, 7) is 8.38. The lowest BCUT2D eigenvalue weighted by atomic mass is 9.98. The van der Waals surface area contributed by atoms with E-state index in [1.165, 1.54) is 32.1 Å². The average Bonchev–Trinajstić information content (AvgIpc) is 2.46. The molecule has 1 fully saturated rings. The second kappa shape index (κ2) is 10.0. The standard InChI is InChI=1S/C16H33N3O/c1-13(2)14(3)19-16(17-4)18-11-8-12-20-15-9-6-5-7-10-15/h13-15H,5-12H2,1-4H3,(H2,17,18,19). The summed E-state index contributed by atoms with van der Waals surface area (Å²) in [7, 11) is 1.82. The first kappa shape index (κ1) is 17.3. The number of hydrogen-bond acceptors (Lipinski definition) is 2. The molecule has 118 valence electrons. The Morgan fingerprint density at radius 1 is 1.20 bits per heavy atom. The van der Waals surface area contributed by atoms with Crippen LogP contribution in [0.15, 0.2) is 4.99 Å². The Balaban J connectivity index is 2.06. The molecule has 1 aliphatic carbocycles. The summed E-state index contributed by atoms with van der Waals surface area (Å²) in [5.41, 5.74) is 0. The summed E-state index contributed by atoms with van der Waals surface area (Å²) in [4.78, 5) is 4.25. The van der Waals surface area contributed by atoms with Crippen LogP contribution < -0.4 is 10.6 Å². The number of nitrogens with zero attached hydrogens (tertiary/aromatic N) is 1. The third kappa shape index (κ3) is 7.13. The number of nitrogens with one attached hydrogen (secondary N) is 2. The number of ether oxygens (including phenoxy) is 1. The minimum Gasteiger partial charge on any atom is -0.378 e. The molecule has 0 bridgehead atoms. The van der Waals surface area contributed by atoms with E-state index in [-0.39, 0.29) is 0 Å². The van der Waals surface area contributed by atoms with E-state index in [0.717, 1.165) is 25.5 Å². The molecule has 1 atom stereocenters. The lowest BCUT2D eigenvalue weighted by Gasteiger charge is -2.22. The quantitative estimate of drug-likeness (QED) is 0.429. The van der Waals surface area contributed by atoms with Crippen molar-refractivity contribution in [2.24, 2.45) is 10.9 Å². The van der Waals surface area contributed by atoms with E-state index in [1.54, 1.807) is 0 Å². The van der Waals surface area contributed by atoms with Gasteiger partial charge in [-0.15, -0.1) is 0 Å². The molecule has 0 radical (unpaired) electrons. The number of aliphatic imine (C=N–C) groups is 1. The van der Waals surface area contributed by atoms with Gasteiger partial charge in [-0.05, 0) is 32.1 Å². The van der Waals surface area contributed by atoms with Crippen LogP contribution in [0.25, 0.3) is 0 Å². The highest BCUT2D eigenvalue weighted by Crippen LogP contribution is 2.20. The lowest BCUT2D eigenvalue weighted by molar-refractivity contribution is 0.0277.